The van der Waals surface area contributed by atoms with Gasteiger partial charge in [0.1, 0.15) is 5.75 Å². The fourth-order valence-electron chi connectivity index (χ4n) is 6.00. The van der Waals surface area contributed by atoms with Gasteiger partial charge >= 0.3 is 0 Å². The van der Waals surface area contributed by atoms with Crippen molar-refractivity contribution in [3.63, 3.8) is 0 Å². The molecule has 0 atom stereocenters. The van der Waals surface area contributed by atoms with Gasteiger partial charge in [0, 0.05) is 63.0 Å². The molecule has 1 N–H and O–H groups in total. The summed E-state index contributed by atoms with van der Waals surface area (Å²) in [5.41, 5.74) is 9.60. The summed E-state index contributed by atoms with van der Waals surface area (Å²) >= 11 is 0. The van der Waals surface area contributed by atoms with Crippen LogP contribution in [0.15, 0.2) is 146 Å². The number of ether oxygens (including phenoxy) is 1. The van der Waals surface area contributed by atoms with Crippen molar-refractivity contribution in [2.45, 2.75) is 6.61 Å². The minimum absolute atomic E-state index is 0.0203. The highest BCUT2D eigenvalue weighted by Crippen LogP contribution is 2.41. The summed E-state index contributed by atoms with van der Waals surface area (Å²) in [6.45, 7) is 0.0203. The molecule has 0 aliphatic rings. The number of anilines is 6. The molecule has 7 aromatic rings. The Kier molecular flexibility index (Phi) is 7.22. The number of aryl methyl sites for hydroxylation is 1. The third kappa shape index (κ3) is 4.93. The molecule has 44 heavy (non-hydrogen) atoms. The summed E-state index contributed by atoms with van der Waals surface area (Å²) in [6, 6.07) is 50.5. The molecule has 0 unspecified atom stereocenters. The summed E-state index contributed by atoms with van der Waals surface area (Å²) in [4.78, 5) is 4.54. The predicted octanol–water partition coefficient (Wildman–Crippen LogP) is 9.77. The molecule has 1 heterocycles. The van der Waals surface area contributed by atoms with Crippen molar-refractivity contribution < 1.29 is 9.84 Å². The van der Waals surface area contributed by atoms with Gasteiger partial charge in [0.2, 0.25) is 0 Å². The quantitative estimate of drug-likeness (QED) is 0.196. The summed E-state index contributed by atoms with van der Waals surface area (Å²) in [6.07, 6.45) is 0. The van der Waals surface area contributed by atoms with E-state index in [1.807, 2.05) is 36.4 Å². The van der Waals surface area contributed by atoms with Gasteiger partial charge < -0.3 is 24.2 Å². The monoisotopic (exact) mass is 575 g/mol. The van der Waals surface area contributed by atoms with Gasteiger partial charge in [-0.25, -0.2) is 0 Å². The van der Waals surface area contributed by atoms with Gasteiger partial charge in [0.25, 0.3) is 0 Å². The Morgan fingerprint density at radius 2 is 0.932 bits per heavy atom. The second kappa shape index (κ2) is 11.6. The normalized spacial score (nSPS) is 11.2. The number of aliphatic hydroxyl groups excluding tert-OH is 1. The second-order valence-corrected chi connectivity index (χ2v) is 10.8. The number of methoxy groups -OCH3 is 1. The Morgan fingerprint density at radius 3 is 1.36 bits per heavy atom. The number of fused-ring (bicyclic) bond motifs is 3. The molecule has 216 valence electrons. The molecule has 0 aliphatic heterocycles. The van der Waals surface area contributed by atoms with Crippen LogP contribution in [0.4, 0.5) is 34.1 Å². The van der Waals surface area contributed by atoms with E-state index in [1.54, 1.807) is 7.11 Å². The molecule has 5 heteroatoms. The Bertz CT molecular complexity index is 1890. The highest BCUT2D eigenvalue weighted by molar-refractivity contribution is 6.11. The molecular weight excluding hydrogens is 542 g/mol. The average Bonchev–Trinajstić information content (AvgIpc) is 3.37. The molecule has 0 saturated carbocycles. The lowest BCUT2D eigenvalue weighted by Gasteiger charge is -2.26. The molecule has 1 aromatic heterocycles. The zero-order valence-electron chi connectivity index (χ0n) is 24.8. The second-order valence-electron chi connectivity index (χ2n) is 10.8. The van der Waals surface area contributed by atoms with Gasteiger partial charge in [-0.05, 0) is 103 Å². The molecule has 7 rings (SSSR count). The Hall–Kier alpha value is -5.52. The molecule has 5 nitrogen and oxygen atoms in total. The van der Waals surface area contributed by atoms with Crippen LogP contribution in [0, 0.1) is 0 Å². The van der Waals surface area contributed by atoms with Crippen molar-refractivity contribution in [1.82, 2.24) is 4.57 Å². The first kappa shape index (κ1) is 27.3. The number of rotatable bonds is 8. The number of nitrogens with zero attached hydrogens (tertiary/aromatic N) is 3. The van der Waals surface area contributed by atoms with E-state index in [9.17, 15) is 5.11 Å². The van der Waals surface area contributed by atoms with Crippen molar-refractivity contribution >= 4 is 55.9 Å². The lowest BCUT2D eigenvalue weighted by atomic mass is 10.1. The molecule has 0 fully saturated rings. The standard InChI is InChI=1S/C39H33N3O2/c1-40-38-23-19-33(41(29-9-5-3-6-10-29)31-15-13-28(27-43)14-16-31)25-36(38)37-26-34(20-24-39(37)40)42(30-11-7-4-8-12-30)32-17-21-35(44-2)22-18-32/h3-26,43H,27H2,1-2H3. The SMILES string of the molecule is COc1ccc(N(c2ccccc2)c2ccc3c(c2)c2cc(N(c4ccccc4)c4ccc(CO)cc4)ccc2n3C)cc1. The van der Waals surface area contributed by atoms with Crippen molar-refractivity contribution in [2.75, 3.05) is 16.9 Å². The zero-order chi connectivity index (χ0) is 30.0. The third-order valence-electron chi connectivity index (χ3n) is 8.23. The minimum Gasteiger partial charge on any atom is -0.497 e. The first-order valence-electron chi connectivity index (χ1n) is 14.7. The van der Waals surface area contributed by atoms with Gasteiger partial charge in [-0.3, -0.25) is 0 Å². The molecule has 6 aromatic carbocycles. The van der Waals surface area contributed by atoms with Crippen molar-refractivity contribution in [2.24, 2.45) is 7.05 Å². The van der Waals surface area contributed by atoms with E-state index in [4.69, 9.17) is 4.74 Å². The maximum absolute atomic E-state index is 9.63. The maximum atomic E-state index is 9.63. The minimum atomic E-state index is 0.0203. The molecule has 0 spiro atoms. The van der Waals surface area contributed by atoms with Crippen molar-refractivity contribution in [1.29, 1.82) is 0 Å². The summed E-state index contributed by atoms with van der Waals surface area (Å²) in [7, 11) is 3.82. The fourth-order valence-corrected chi connectivity index (χ4v) is 6.00. The van der Waals surface area contributed by atoms with E-state index in [-0.39, 0.29) is 6.61 Å². The largest absolute Gasteiger partial charge is 0.497 e. The molecule has 0 aliphatic carbocycles. The van der Waals surface area contributed by atoms with Gasteiger partial charge in [-0.15, -0.1) is 0 Å². The molecule has 0 saturated heterocycles. The van der Waals surface area contributed by atoms with Gasteiger partial charge in [0.05, 0.1) is 13.7 Å². The molecular formula is C39H33N3O2. The van der Waals surface area contributed by atoms with Crippen LogP contribution < -0.4 is 14.5 Å². The third-order valence-corrected chi connectivity index (χ3v) is 8.23. The Labute approximate surface area is 257 Å². The van der Waals surface area contributed by atoms with Crippen LogP contribution in [0.3, 0.4) is 0 Å². The first-order chi connectivity index (χ1) is 21.6. The van der Waals surface area contributed by atoms with E-state index in [2.05, 4.69) is 131 Å². The van der Waals surface area contributed by atoms with E-state index in [0.717, 1.165) is 45.4 Å². The number of para-hydroxylation sites is 2. The van der Waals surface area contributed by atoms with Gasteiger partial charge in [-0.1, -0.05) is 48.5 Å². The molecule has 0 bridgehead atoms. The summed E-state index contributed by atoms with van der Waals surface area (Å²) < 4.78 is 7.70. The van der Waals surface area contributed by atoms with Crippen LogP contribution in [0.5, 0.6) is 5.75 Å². The van der Waals surface area contributed by atoms with E-state index < -0.39 is 0 Å². The number of aliphatic hydroxyl groups is 1. The summed E-state index contributed by atoms with van der Waals surface area (Å²) in [5.74, 6) is 0.827. The van der Waals surface area contributed by atoms with Gasteiger partial charge in [-0.2, -0.15) is 0 Å². The zero-order valence-corrected chi connectivity index (χ0v) is 24.8. The van der Waals surface area contributed by atoms with E-state index >= 15 is 0 Å². The van der Waals surface area contributed by atoms with Crippen LogP contribution in [0.25, 0.3) is 21.8 Å². The van der Waals surface area contributed by atoms with Crippen LogP contribution >= 0.6 is 0 Å². The Morgan fingerprint density at radius 1 is 0.523 bits per heavy atom. The number of hydrogen-bond acceptors (Lipinski definition) is 4. The highest BCUT2D eigenvalue weighted by Gasteiger charge is 2.18. The lowest BCUT2D eigenvalue weighted by Crippen LogP contribution is -2.10. The van der Waals surface area contributed by atoms with Crippen molar-refractivity contribution in [3.8, 4) is 5.75 Å². The topological polar surface area (TPSA) is 40.9 Å². The number of benzene rings is 6. The lowest BCUT2D eigenvalue weighted by molar-refractivity contribution is 0.282. The van der Waals surface area contributed by atoms with Crippen LogP contribution in [-0.2, 0) is 13.7 Å². The highest BCUT2D eigenvalue weighted by atomic mass is 16.5. The fraction of sp³-hybridized carbons (Fsp3) is 0.0769. The molecule has 0 amide bonds. The number of aromatic nitrogens is 1. The van der Waals surface area contributed by atoms with Crippen LogP contribution in [0.2, 0.25) is 0 Å². The number of hydrogen-bond donors (Lipinski definition) is 1. The average molecular weight is 576 g/mol. The maximum Gasteiger partial charge on any atom is 0.119 e. The smallest absolute Gasteiger partial charge is 0.119 e. The van der Waals surface area contributed by atoms with E-state index in [0.29, 0.717) is 0 Å². The van der Waals surface area contributed by atoms with Gasteiger partial charge in [0.15, 0.2) is 0 Å². The molecule has 0 radical (unpaired) electrons. The predicted molar refractivity (Wildman–Crippen MR) is 182 cm³/mol. The van der Waals surface area contributed by atoms with Crippen LogP contribution in [-0.4, -0.2) is 16.8 Å². The van der Waals surface area contributed by atoms with Crippen molar-refractivity contribution in [3.05, 3.63) is 151 Å². The first-order valence-corrected chi connectivity index (χ1v) is 14.7. The van der Waals surface area contributed by atoms with E-state index in [1.165, 1.54) is 21.8 Å². The van der Waals surface area contributed by atoms with Crippen LogP contribution in [0.1, 0.15) is 5.56 Å². The summed E-state index contributed by atoms with van der Waals surface area (Å²) in [5, 5.41) is 12.0. The Balaban J connectivity index is 1.40.